The van der Waals surface area contributed by atoms with Gasteiger partial charge in [-0.3, -0.25) is 4.79 Å². The van der Waals surface area contributed by atoms with Gasteiger partial charge >= 0.3 is 0 Å². The molecule has 0 saturated carbocycles. The van der Waals surface area contributed by atoms with Gasteiger partial charge in [0.05, 0.1) is 12.7 Å². The van der Waals surface area contributed by atoms with Gasteiger partial charge < -0.3 is 19.4 Å². The van der Waals surface area contributed by atoms with Crippen molar-refractivity contribution in [2.24, 2.45) is 11.8 Å². The van der Waals surface area contributed by atoms with Crippen LogP contribution in [0.4, 0.5) is 5.95 Å². The highest BCUT2D eigenvalue weighted by atomic mass is 16.5. The van der Waals surface area contributed by atoms with E-state index in [1.54, 1.807) is 24.5 Å². The summed E-state index contributed by atoms with van der Waals surface area (Å²) in [6.07, 6.45) is 4.51. The first-order chi connectivity index (χ1) is 12.2. The third kappa shape index (κ3) is 3.37. The largest absolute Gasteiger partial charge is 0.456 e. The van der Waals surface area contributed by atoms with Crippen LogP contribution >= 0.6 is 0 Å². The fourth-order valence-electron chi connectivity index (χ4n) is 3.77. The van der Waals surface area contributed by atoms with Crippen LogP contribution in [0.3, 0.4) is 0 Å². The molecule has 4 rings (SSSR count). The highest BCUT2D eigenvalue weighted by Crippen LogP contribution is 2.35. The molecule has 2 aromatic heterocycles. The van der Waals surface area contributed by atoms with Crippen molar-refractivity contribution >= 4 is 11.9 Å². The molecule has 2 aromatic rings. The topological polar surface area (TPSA) is 80.5 Å². The Kier molecular flexibility index (Phi) is 4.40. The van der Waals surface area contributed by atoms with E-state index in [-0.39, 0.29) is 12.0 Å². The molecular weight excluding hydrogens is 320 g/mol. The average Bonchev–Trinajstić information content (AvgIpc) is 3.26. The molecule has 2 aliphatic rings. The van der Waals surface area contributed by atoms with E-state index < -0.39 is 0 Å². The molecule has 4 heterocycles. The number of carbonyl (C=O) groups excluding carboxylic acids is 1. The predicted octanol–water partition coefficient (Wildman–Crippen LogP) is 1.97. The van der Waals surface area contributed by atoms with Crippen molar-refractivity contribution in [1.29, 1.82) is 0 Å². The highest BCUT2D eigenvalue weighted by Gasteiger charge is 2.42. The number of nitrogens with one attached hydrogen (secondary N) is 1. The van der Waals surface area contributed by atoms with Crippen LogP contribution < -0.4 is 5.32 Å². The van der Waals surface area contributed by atoms with Crippen molar-refractivity contribution in [3.63, 3.8) is 0 Å². The Bertz CT molecular complexity index is 733. The number of ether oxygens (including phenoxy) is 1. The Morgan fingerprint density at radius 2 is 2.20 bits per heavy atom. The van der Waals surface area contributed by atoms with Gasteiger partial charge in [-0.05, 0) is 37.5 Å². The average molecular weight is 342 g/mol. The fraction of sp³-hybridized carbons (Fsp3) is 0.500. The molecule has 7 nitrogen and oxygen atoms in total. The molecular formula is C18H22N4O3. The molecule has 2 saturated heterocycles. The Morgan fingerprint density at radius 1 is 1.36 bits per heavy atom. The normalized spacial score (nSPS) is 25.6. The fourth-order valence-corrected chi connectivity index (χ4v) is 3.77. The third-order valence-corrected chi connectivity index (χ3v) is 5.06. The number of hydrogen-bond acceptors (Lipinski definition) is 6. The standard InChI is InChI=1S/C18H22N4O3/c1-12-3-4-15(25-12)17(23)22-8-5-14-13(10-22)11-24-16(14)9-21-18-19-6-2-7-20-18/h2-4,6-7,13-14,16H,5,8-11H2,1H3,(H,19,20,21)/t13-,14-,16-/m1/s1. The summed E-state index contributed by atoms with van der Waals surface area (Å²) >= 11 is 0. The SMILES string of the molecule is Cc1ccc(C(=O)N2CC[C@@H]3[C@@H](CO[C@@H]3CNc3ncccn3)C2)o1. The maximum absolute atomic E-state index is 12.6. The van der Waals surface area contributed by atoms with Gasteiger partial charge in [0, 0.05) is 37.9 Å². The maximum Gasteiger partial charge on any atom is 0.289 e. The number of hydrogen-bond donors (Lipinski definition) is 1. The van der Waals surface area contributed by atoms with Crippen molar-refractivity contribution in [1.82, 2.24) is 14.9 Å². The lowest BCUT2D eigenvalue weighted by Crippen LogP contribution is -2.45. The lowest BCUT2D eigenvalue weighted by Gasteiger charge is -2.35. The van der Waals surface area contributed by atoms with Gasteiger partial charge in [-0.25, -0.2) is 9.97 Å². The summed E-state index contributed by atoms with van der Waals surface area (Å²) in [5, 5.41) is 3.24. The van der Waals surface area contributed by atoms with Gasteiger partial charge in [0.25, 0.3) is 5.91 Å². The molecule has 2 aliphatic heterocycles. The molecule has 7 heteroatoms. The number of rotatable bonds is 4. The second-order valence-electron chi connectivity index (χ2n) is 6.70. The van der Waals surface area contributed by atoms with Crippen molar-refractivity contribution in [2.75, 3.05) is 31.6 Å². The predicted molar refractivity (Wildman–Crippen MR) is 91.2 cm³/mol. The van der Waals surface area contributed by atoms with E-state index in [0.29, 0.717) is 36.7 Å². The first-order valence-corrected chi connectivity index (χ1v) is 8.69. The lowest BCUT2D eigenvalue weighted by molar-refractivity contribution is 0.0589. The van der Waals surface area contributed by atoms with Crippen LogP contribution in [0.2, 0.25) is 0 Å². The number of fused-ring (bicyclic) bond motifs is 1. The van der Waals surface area contributed by atoms with Crippen LogP contribution in [0.1, 0.15) is 22.7 Å². The summed E-state index contributed by atoms with van der Waals surface area (Å²) in [6.45, 7) is 4.69. The number of nitrogens with zero attached hydrogens (tertiary/aromatic N) is 3. The maximum atomic E-state index is 12.6. The minimum absolute atomic E-state index is 0.0224. The van der Waals surface area contributed by atoms with Crippen LogP contribution in [0, 0.1) is 18.8 Å². The summed E-state index contributed by atoms with van der Waals surface area (Å²) in [6, 6.07) is 5.37. The summed E-state index contributed by atoms with van der Waals surface area (Å²) in [7, 11) is 0. The minimum atomic E-state index is -0.0224. The first kappa shape index (κ1) is 16.1. The molecule has 3 atom stereocenters. The minimum Gasteiger partial charge on any atom is -0.456 e. The number of carbonyl (C=O) groups is 1. The smallest absolute Gasteiger partial charge is 0.289 e. The van der Waals surface area contributed by atoms with E-state index in [2.05, 4.69) is 15.3 Å². The van der Waals surface area contributed by atoms with Crippen LogP contribution in [-0.4, -0.2) is 53.1 Å². The zero-order chi connectivity index (χ0) is 17.2. The zero-order valence-corrected chi connectivity index (χ0v) is 14.2. The van der Waals surface area contributed by atoms with Gasteiger partial charge in [0.15, 0.2) is 5.76 Å². The summed E-state index contributed by atoms with van der Waals surface area (Å²) in [4.78, 5) is 22.8. The molecule has 0 unspecified atom stereocenters. The molecule has 1 N–H and O–H groups in total. The number of amides is 1. The molecule has 0 aliphatic carbocycles. The second-order valence-corrected chi connectivity index (χ2v) is 6.70. The number of piperidine rings is 1. The molecule has 2 fully saturated rings. The van der Waals surface area contributed by atoms with E-state index in [9.17, 15) is 4.79 Å². The van der Waals surface area contributed by atoms with E-state index in [1.165, 1.54) is 0 Å². The number of aromatic nitrogens is 2. The van der Waals surface area contributed by atoms with Crippen LogP contribution in [0.15, 0.2) is 35.0 Å². The number of likely N-dealkylation sites (tertiary alicyclic amines) is 1. The monoisotopic (exact) mass is 342 g/mol. The van der Waals surface area contributed by atoms with Crippen LogP contribution in [-0.2, 0) is 4.74 Å². The van der Waals surface area contributed by atoms with Crippen molar-refractivity contribution in [3.05, 3.63) is 42.1 Å². The molecule has 132 valence electrons. The number of aryl methyl sites for hydroxylation is 1. The highest BCUT2D eigenvalue weighted by molar-refractivity contribution is 5.91. The van der Waals surface area contributed by atoms with E-state index in [0.717, 1.165) is 25.3 Å². The first-order valence-electron chi connectivity index (χ1n) is 8.69. The summed E-state index contributed by atoms with van der Waals surface area (Å²) in [5.41, 5.74) is 0. The van der Waals surface area contributed by atoms with Gasteiger partial charge in [-0.2, -0.15) is 0 Å². The molecule has 25 heavy (non-hydrogen) atoms. The Labute approximate surface area is 146 Å². The second kappa shape index (κ2) is 6.84. The van der Waals surface area contributed by atoms with Gasteiger partial charge in [-0.15, -0.1) is 0 Å². The van der Waals surface area contributed by atoms with Crippen LogP contribution in [0.25, 0.3) is 0 Å². The summed E-state index contributed by atoms with van der Waals surface area (Å²) < 4.78 is 11.5. The van der Waals surface area contributed by atoms with Crippen molar-refractivity contribution in [3.8, 4) is 0 Å². The zero-order valence-electron chi connectivity index (χ0n) is 14.2. The van der Waals surface area contributed by atoms with Crippen molar-refractivity contribution in [2.45, 2.75) is 19.4 Å². The molecule has 0 bridgehead atoms. The lowest BCUT2D eigenvalue weighted by atomic mass is 9.84. The van der Waals surface area contributed by atoms with E-state index in [4.69, 9.17) is 9.15 Å². The van der Waals surface area contributed by atoms with Gasteiger partial charge in [-0.1, -0.05) is 0 Å². The van der Waals surface area contributed by atoms with Crippen molar-refractivity contribution < 1.29 is 13.9 Å². The van der Waals surface area contributed by atoms with Gasteiger partial charge in [0.1, 0.15) is 5.76 Å². The van der Waals surface area contributed by atoms with Gasteiger partial charge in [0.2, 0.25) is 5.95 Å². The third-order valence-electron chi connectivity index (χ3n) is 5.06. The Balaban J connectivity index is 1.34. The van der Waals surface area contributed by atoms with E-state index >= 15 is 0 Å². The molecule has 0 aromatic carbocycles. The molecule has 1 amide bonds. The number of anilines is 1. The van der Waals surface area contributed by atoms with E-state index in [1.807, 2.05) is 17.9 Å². The Morgan fingerprint density at radius 3 is 2.96 bits per heavy atom. The number of furan rings is 1. The summed E-state index contributed by atoms with van der Waals surface area (Å²) in [5.74, 6) is 2.61. The quantitative estimate of drug-likeness (QED) is 0.915. The Hall–Kier alpha value is -2.41. The van der Waals surface area contributed by atoms with Crippen LogP contribution in [0.5, 0.6) is 0 Å². The molecule has 0 spiro atoms. The molecule has 0 radical (unpaired) electrons.